The molecule has 0 amide bonds. The van der Waals surface area contributed by atoms with Gasteiger partial charge in [-0.25, -0.2) is 13.2 Å². The Balaban J connectivity index is 1.78. The maximum Gasteiger partial charge on any atom is 0.337 e. The summed E-state index contributed by atoms with van der Waals surface area (Å²) in [5, 5.41) is 10.2. The van der Waals surface area contributed by atoms with Crippen molar-refractivity contribution in [2.75, 3.05) is 47.0 Å². The summed E-state index contributed by atoms with van der Waals surface area (Å²) in [5.74, 6) is -1.10. The Bertz CT molecular complexity index is 957. The van der Waals surface area contributed by atoms with Crippen molar-refractivity contribution in [2.24, 2.45) is 0 Å². The number of nitrogens with zero attached hydrogens (tertiary/aromatic N) is 2. The molecule has 27 heavy (non-hydrogen) atoms. The molecule has 1 aliphatic rings. The number of halogens is 1. The van der Waals surface area contributed by atoms with Crippen LogP contribution in [-0.2, 0) is 10.0 Å². The van der Waals surface area contributed by atoms with Gasteiger partial charge in [-0.3, -0.25) is 4.72 Å². The summed E-state index contributed by atoms with van der Waals surface area (Å²) in [6, 6.07) is 12.2. The monoisotopic (exact) mass is 409 g/mol. The fourth-order valence-electron chi connectivity index (χ4n) is 3.14. The molecule has 0 bridgehead atoms. The van der Waals surface area contributed by atoms with Crippen LogP contribution in [0.2, 0.25) is 5.02 Å². The number of carboxylic acid groups (broad SMARTS) is 1. The van der Waals surface area contributed by atoms with Gasteiger partial charge in [-0.05, 0) is 36.4 Å². The van der Waals surface area contributed by atoms with E-state index in [1.165, 1.54) is 6.07 Å². The maximum atomic E-state index is 11.7. The van der Waals surface area contributed by atoms with Gasteiger partial charge in [-0.2, -0.15) is 0 Å². The predicted octanol–water partition coefficient (Wildman–Crippen LogP) is 2.74. The summed E-state index contributed by atoms with van der Waals surface area (Å²) in [7, 11) is -3.47. The molecule has 2 aromatic rings. The normalized spacial score (nSPS) is 14.9. The number of carbonyl (C=O) groups is 1. The molecule has 9 heteroatoms. The molecule has 1 saturated heterocycles. The zero-order valence-electron chi connectivity index (χ0n) is 14.7. The number of aromatic carboxylic acids is 1. The van der Waals surface area contributed by atoms with Gasteiger partial charge in [0, 0.05) is 42.6 Å². The van der Waals surface area contributed by atoms with Crippen molar-refractivity contribution >= 4 is 44.7 Å². The molecule has 1 heterocycles. The van der Waals surface area contributed by atoms with Gasteiger partial charge in [0.15, 0.2) is 0 Å². The Hall–Kier alpha value is -2.45. The van der Waals surface area contributed by atoms with Gasteiger partial charge in [0.2, 0.25) is 10.0 Å². The fraction of sp³-hybridized carbons (Fsp3) is 0.278. The summed E-state index contributed by atoms with van der Waals surface area (Å²) in [4.78, 5) is 15.9. The van der Waals surface area contributed by atoms with Crippen LogP contribution in [0.15, 0.2) is 42.5 Å². The Labute approximate surface area is 163 Å². The maximum absolute atomic E-state index is 11.7. The summed E-state index contributed by atoms with van der Waals surface area (Å²) in [5.41, 5.74) is 1.91. The van der Waals surface area contributed by atoms with Crippen molar-refractivity contribution in [3.8, 4) is 0 Å². The molecule has 0 spiro atoms. The van der Waals surface area contributed by atoms with Gasteiger partial charge in [0.25, 0.3) is 0 Å². The first-order chi connectivity index (χ1) is 12.7. The Morgan fingerprint density at radius 2 is 1.74 bits per heavy atom. The SMILES string of the molecule is CS(=O)(=O)Nc1ccc(N2CCN(c3cccc(Cl)c3)CC2)c(C(=O)O)c1. The lowest BCUT2D eigenvalue weighted by Crippen LogP contribution is -2.47. The lowest BCUT2D eigenvalue weighted by atomic mass is 10.1. The number of rotatable bonds is 5. The van der Waals surface area contributed by atoms with Crippen LogP contribution in [0.1, 0.15) is 10.4 Å². The Morgan fingerprint density at radius 3 is 2.33 bits per heavy atom. The molecule has 0 saturated carbocycles. The van der Waals surface area contributed by atoms with Crippen LogP contribution in [0.4, 0.5) is 17.1 Å². The molecule has 0 aliphatic carbocycles. The molecular formula is C18H20ClN3O4S. The van der Waals surface area contributed by atoms with Gasteiger partial charge < -0.3 is 14.9 Å². The smallest absolute Gasteiger partial charge is 0.337 e. The highest BCUT2D eigenvalue weighted by Crippen LogP contribution is 2.28. The fourth-order valence-corrected chi connectivity index (χ4v) is 3.88. The number of anilines is 3. The molecule has 3 rings (SSSR count). The van der Waals surface area contributed by atoms with E-state index in [4.69, 9.17) is 11.6 Å². The summed E-state index contributed by atoms with van der Waals surface area (Å²) in [6.45, 7) is 2.74. The van der Waals surface area contributed by atoms with E-state index < -0.39 is 16.0 Å². The van der Waals surface area contributed by atoms with Crippen molar-refractivity contribution in [3.63, 3.8) is 0 Å². The number of hydrogen-bond donors (Lipinski definition) is 2. The number of benzene rings is 2. The van der Waals surface area contributed by atoms with Crippen molar-refractivity contribution in [1.29, 1.82) is 0 Å². The van der Waals surface area contributed by atoms with Gasteiger partial charge in [0.1, 0.15) is 0 Å². The van der Waals surface area contributed by atoms with Crippen molar-refractivity contribution < 1.29 is 18.3 Å². The third-order valence-corrected chi connectivity index (χ3v) is 5.17. The lowest BCUT2D eigenvalue weighted by molar-refractivity contribution is 0.0697. The second kappa shape index (κ2) is 7.66. The zero-order chi connectivity index (χ0) is 19.6. The molecule has 0 aromatic heterocycles. The van der Waals surface area contributed by atoms with E-state index in [1.54, 1.807) is 12.1 Å². The molecule has 0 atom stereocenters. The minimum atomic E-state index is -3.47. The highest BCUT2D eigenvalue weighted by atomic mass is 35.5. The van der Waals surface area contributed by atoms with Crippen LogP contribution in [0.5, 0.6) is 0 Å². The van der Waals surface area contributed by atoms with E-state index in [-0.39, 0.29) is 11.3 Å². The molecule has 7 nitrogen and oxygen atoms in total. The molecule has 1 fully saturated rings. The molecule has 2 N–H and O–H groups in total. The average molecular weight is 410 g/mol. The van der Waals surface area contributed by atoms with E-state index in [0.717, 1.165) is 25.0 Å². The van der Waals surface area contributed by atoms with Gasteiger partial charge in [-0.1, -0.05) is 17.7 Å². The van der Waals surface area contributed by atoms with Crippen molar-refractivity contribution in [1.82, 2.24) is 0 Å². The first kappa shape index (κ1) is 19.3. The van der Waals surface area contributed by atoms with Gasteiger partial charge in [0.05, 0.1) is 17.5 Å². The van der Waals surface area contributed by atoms with Crippen LogP contribution in [-0.4, -0.2) is 51.9 Å². The number of hydrogen-bond acceptors (Lipinski definition) is 5. The third-order valence-electron chi connectivity index (χ3n) is 4.32. The third kappa shape index (κ3) is 4.84. The minimum absolute atomic E-state index is 0.0693. The number of piperazine rings is 1. The molecule has 0 unspecified atom stereocenters. The lowest BCUT2D eigenvalue weighted by Gasteiger charge is -2.38. The zero-order valence-corrected chi connectivity index (χ0v) is 16.3. The second-order valence-corrected chi connectivity index (χ2v) is 8.55. The largest absolute Gasteiger partial charge is 0.478 e. The van der Waals surface area contributed by atoms with Crippen LogP contribution in [0, 0.1) is 0 Å². The van der Waals surface area contributed by atoms with Gasteiger partial charge in [-0.15, -0.1) is 0 Å². The number of sulfonamides is 1. The summed E-state index contributed by atoms with van der Waals surface area (Å²) in [6.07, 6.45) is 1.02. The highest BCUT2D eigenvalue weighted by molar-refractivity contribution is 7.92. The standard InChI is InChI=1S/C18H20ClN3O4S/c1-27(25,26)20-14-5-6-17(16(12-14)18(23)24)22-9-7-21(8-10-22)15-4-2-3-13(19)11-15/h2-6,11-12,20H,7-10H2,1H3,(H,23,24). The molecular weight excluding hydrogens is 390 g/mol. The first-order valence-corrected chi connectivity index (χ1v) is 10.6. The first-order valence-electron chi connectivity index (χ1n) is 8.33. The van der Waals surface area contributed by atoms with Crippen LogP contribution in [0.3, 0.4) is 0 Å². The van der Waals surface area contributed by atoms with E-state index in [0.29, 0.717) is 23.8 Å². The second-order valence-electron chi connectivity index (χ2n) is 6.37. The quantitative estimate of drug-likeness (QED) is 0.789. The topological polar surface area (TPSA) is 90.0 Å². The molecule has 144 valence electrons. The Kier molecular flexibility index (Phi) is 5.48. The average Bonchev–Trinajstić information content (AvgIpc) is 2.60. The molecule has 0 radical (unpaired) electrons. The van der Waals surface area contributed by atoms with E-state index >= 15 is 0 Å². The van der Waals surface area contributed by atoms with Crippen LogP contribution in [0.25, 0.3) is 0 Å². The predicted molar refractivity (Wildman–Crippen MR) is 108 cm³/mol. The van der Waals surface area contributed by atoms with Crippen LogP contribution >= 0.6 is 11.6 Å². The minimum Gasteiger partial charge on any atom is -0.478 e. The van der Waals surface area contributed by atoms with Gasteiger partial charge >= 0.3 is 5.97 Å². The highest BCUT2D eigenvalue weighted by Gasteiger charge is 2.22. The number of carboxylic acids is 1. The Morgan fingerprint density at radius 1 is 1.07 bits per heavy atom. The summed E-state index contributed by atoms with van der Waals surface area (Å²) < 4.78 is 25.1. The summed E-state index contributed by atoms with van der Waals surface area (Å²) >= 11 is 6.05. The van der Waals surface area contributed by atoms with Crippen molar-refractivity contribution in [3.05, 3.63) is 53.1 Å². The number of nitrogens with one attached hydrogen (secondary N) is 1. The molecule has 1 aliphatic heterocycles. The molecule has 2 aromatic carbocycles. The van der Waals surface area contributed by atoms with E-state index in [2.05, 4.69) is 9.62 Å². The van der Waals surface area contributed by atoms with E-state index in [9.17, 15) is 18.3 Å². The van der Waals surface area contributed by atoms with E-state index in [1.807, 2.05) is 29.2 Å². The van der Waals surface area contributed by atoms with Crippen molar-refractivity contribution in [2.45, 2.75) is 0 Å². The van der Waals surface area contributed by atoms with Crippen LogP contribution < -0.4 is 14.5 Å².